The zero-order valence-corrected chi connectivity index (χ0v) is 17.1. The maximum atomic E-state index is 13.2. The van der Waals surface area contributed by atoms with Crippen molar-refractivity contribution < 1.29 is 18.4 Å². The number of anilines is 1. The molecule has 1 aliphatic carbocycles. The average Bonchev–Trinajstić information content (AvgIpc) is 3.28. The van der Waals surface area contributed by atoms with Gasteiger partial charge < -0.3 is 15.1 Å². The highest BCUT2D eigenvalue weighted by Gasteiger charge is 2.26. The summed E-state index contributed by atoms with van der Waals surface area (Å²) >= 11 is 7.14. The van der Waals surface area contributed by atoms with Crippen LogP contribution in [0.3, 0.4) is 0 Å². The van der Waals surface area contributed by atoms with Crippen LogP contribution in [0, 0.1) is 12.7 Å². The van der Waals surface area contributed by atoms with Gasteiger partial charge in [0.25, 0.3) is 11.8 Å². The quantitative estimate of drug-likeness (QED) is 0.571. The number of carbonyl (C=O) groups is 2. The first-order valence-electron chi connectivity index (χ1n) is 9.16. The van der Waals surface area contributed by atoms with Gasteiger partial charge in [-0.15, -0.1) is 11.3 Å². The molecule has 1 aromatic carbocycles. The Labute approximate surface area is 175 Å². The smallest absolute Gasteiger partial charge is 0.262 e. The van der Waals surface area contributed by atoms with Crippen molar-refractivity contribution in [3.05, 3.63) is 74.8 Å². The molecule has 0 spiro atoms. The molecule has 0 saturated carbocycles. The molecule has 4 rings (SSSR count). The molecule has 150 valence electrons. The topological polar surface area (TPSA) is 71.3 Å². The van der Waals surface area contributed by atoms with Crippen LogP contribution in [-0.2, 0) is 6.42 Å². The number of benzene rings is 1. The van der Waals surface area contributed by atoms with Gasteiger partial charge >= 0.3 is 0 Å². The molecule has 0 aliphatic heterocycles. The highest BCUT2D eigenvalue weighted by Crippen LogP contribution is 2.32. The highest BCUT2D eigenvalue weighted by atomic mass is 35.5. The number of thiophene rings is 1. The van der Waals surface area contributed by atoms with Gasteiger partial charge in [-0.25, -0.2) is 4.39 Å². The number of amides is 2. The molecule has 0 fully saturated rings. The largest absolute Gasteiger partial charge is 0.469 e. The maximum Gasteiger partial charge on any atom is 0.262 e. The number of hydrogen-bond acceptors (Lipinski definition) is 4. The summed E-state index contributed by atoms with van der Waals surface area (Å²) in [6.45, 7) is 1.82. The molecule has 1 aliphatic rings. The van der Waals surface area contributed by atoms with E-state index in [1.54, 1.807) is 12.3 Å². The van der Waals surface area contributed by atoms with E-state index in [4.69, 9.17) is 16.0 Å². The molecule has 2 amide bonds. The molecule has 1 unspecified atom stereocenters. The van der Waals surface area contributed by atoms with Gasteiger partial charge in [-0.05, 0) is 55.7 Å². The number of hydrogen-bond donors (Lipinski definition) is 2. The molecule has 1 atom stereocenters. The molecule has 2 heterocycles. The first-order valence-corrected chi connectivity index (χ1v) is 10.4. The number of rotatable bonds is 4. The van der Waals surface area contributed by atoms with Crippen molar-refractivity contribution in [3.8, 4) is 0 Å². The summed E-state index contributed by atoms with van der Waals surface area (Å²) < 4.78 is 18.7. The molecule has 0 bridgehead atoms. The molecular weight excluding hydrogens is 415 g/mol. The molecule has 2 aromatic heterocycles. The molecular formula is C21H18ClFN2O3S. The highest BCUT2D eigenvalue weighted by molar-refractivity contribution is 7.18. The Hall–Kier alpha value is -2.64. The van der Waals surface area contributed by atoms with Crippen LogP contribution in [0.2, 0.25) is 5.02 Å². The predicted molar refractivity (Wildman–Crippen MR) is 110 cm³/mol. The van der Waals surface area contributed by atoms with Crippen molar-refractivity contribution in [1.82, 2.24) is 5.32 Å². The summed E-state index contributed by atoms with van der Waals surface area (Å²) in [6.07, 6.45) is 4.35. The molecule has 3 aromatic rings. The number of carbonyl (C=O) groups excluding carboxylic acids is 2. The third-order valence-electron chi connectivity index (χ3n) is 4.89. The first-order chi connectivity index (χ1) is 13.9. The fourth-order valence-electron chi connectivity index (χ4n) is 3.48. The van der Waals surface area contributed by atoms with E-state index in [-0.39, 0.29) is 22.5 Å². The minimum absolute atomic E-state index is 0.0296. The van der Waals surface area contributed by atoms with E-state index in [9.17, 15) is 14.0 Å². The van der Waals surface area contributed by atoms with E-state index >= 15 is 0 Å². The third-order valence-corrected chi connectivity index (χ3v) is 6.36. The number of nitrogens with one attached hydrogen (secondary N) is 2. The molecule has 2 N–H and O–H groups in total. The third kappa shape index (κ3) is 4.06. The zero-order valence-electron chi connectivity index (χ0n) is 15.6. The van der Waals surface area contributed by atoms with Crippen molar-refractivity contribution in [2.45, 2.75) is 32.2 Å². The van der Waals surface area contributed by atoms with E-state index in [2.05, 4.69) is 10.6 Å². The number of furan rings is 1. The standard InChI is InChI=1S/C21H18ClFN2O3S/c1-11-9-18(25-20(26)13-6-5-12(23)10-15(13)22)29-19(11)21(27)24-16-3-2-4-17-14(16)7-8-28-17/h5-10,16H,2-4H2,1H3,(H,24,27)(H,25,26). The summed E-state index contributed by atoms with van der Waals surface area (Å²) in [5.41, 5.74) is 1.95. The molecule has 0 saturated heterocycles. The number of halogens is 2. The van der Waals surface area contributed by atoms with Crippen molar-refractivity contribution in [1.29, 1.82) is 0 Å². The van der Waals surface area contributed by atoms with Gasteiger partial charge in [-0.3, -0.25) is 9.59 Å². The van der Waals surface area contributed by atoms with Gasteiger partial charge in [0, 0.05) is 12.0 Å². The van der Waals surface area contributed by atoms with Crippen LogP contribution < -0.4 is 10.6 Å². The summed E-state index contributed by atoms with van der Waals surface area (Å²) in [6, 6.07) is 7.14. The van der Waals surface area contributed by atoms with Crippen LogP contribution in [0.5, 0.6) is 0 Å². The Morgan fingerprint density at radius 3 is 2.86 bits per heavy atom. The molecule has 8 heteroatoms. The van der Waals surface area contributed by atoms with Crippen LogP contribution in [-0.4, -0.2) is 11.8 Å². The van der Waals surface area contributed by atoms with Gasteiger partial charge in [0.15, 0.2) is 0 Å². The second kappa shape index (κ2) is 8.00. The van der Waals surface area contributed by atoms with Crippen LogP contribution >= 0.6 is 22.9 Å². The van der Waals surface area contributed by atoms with Crippen LogP contribution in [0.25, 0.3) is 0 Å². The van der Waals surface area contributed by atoms with Crippen molar-refractivity contribution in [2.24, 2.45) is 0 Å². The monoisotopic (exact) mass is 432 g/mol. The summed E-state index contributed by atoms with van der Waals surface area (Å²) in [5.74, 6) is -0.236. The van der Waals surface area contributed by atoms with Crippen LogP contribution in [0.1, 0.15) is 55.8 Å². The summed E-state index contributed by atoms with van der Waals surface area (Å²) in [4.78, 5) is 25.8. The fourth-order valence-corrected chi connectivity index (χ4v) is 4.71. The van der Waals surface area contributed by atoms with Gasteiger partial charge in [-0.1, -0.05) is 11.6 Å². The Morgan fingerprint density at radius 2 is 2.07 bits per heavy atom. The normalized spacial score (nSPS) is 15.6. The summed E-state index contributed by atoms with van der Waals surface area (Å²) in [5, 5.41) is 6.34. The Morgan fingerprint density at radius 1 is 1.24 bits per heavy atom. The van der Waals surface area contributed by atoms with Gasteiger partial charge in [0.1, 0.15) is 11.6 Å². The lowest BCUT2D eigenvalue weighted by atomic mass is 9.93. The van der Waals surface area contributed by atoms with Gasteiger partial charge in [-0.2, -0.15) is 0 Å². The van der Waals surface area contributed by atoms with E-state index in [0.29, 0.717) is 9.88 Å². The lowest BCUT2D eigenvalue weighted by Crippen LogP contribution is -2.30. The minimum atomic E-state index is -0.513. The maximum absolute atomic E-state index is 13.2. The van der Waals surface area contributed by atoms with Crippen molar-refractivity contribution in [3.63, 3.8) is 0 Å². The number of fused-ring (bicyclic) bond motifs is 1. The van der Waals surface area contributed by atoms with E-state index in [1.807, 2.05) is 13.0 Å². The van der Waals surface area contributed by atoms with Crippen LogP contribution in [0.4, 0.5) is 9.39 Å². The summed E-state index contributed by atoms with van der Waals surface area (Å²) in [7, 11) is 0. The fraction of sp³-hybridized carbons (Fsp3) is 0.238. The Bertz CT molecular complexity index is 1090. The van der Waals surface area contributed by atoms with Crippen molar-refractivity contribution in [2.75, 3.05) is 5.32 Å². The lowest BCUT2D eigenvalue weighted by molar-refractivity contribution is 0.0935. The minimum Gasteiger partial charge on any atom is -0.469 e. The van der Waals surface area contributed by atoms with E-state index in [1.165, 1.54) is 23.5 Å². The first kappa shape index (κ1) is 19.7. The number of aryl methyl sites for hydroxylation is 2. The molecule has 0 radical (unpaired) electrons. The Kier molecular flexibility index (Phi) is 5.43. The van der Waals surface area contributed by atoms with E-state index in [0.717, 1.165) is 42.2 Å². The molecule has 29 heavy (non-hydrogen) atoms. The van der Waals surface area contributed by atoms with Crippen molar-refractivity contribution >= 4 is 39.8 Å². The Balaban J connectivity index is 1.48. The van der Waals surface area contributed by atoms with Gasteiger partial charge in [0.2, 0.25) is 0 Å². The molecule has 5 nitrogen and oxygen atoms in total. The second-order valence-electron chi connectivity index (χ2n) is 6.92. The zero-order chi connectivity index (χ0) is 20.5. The SMILES string of the molecule is Cc1cc(NC(=O)c2ccc(F)cc2Cl)sc1C(=O)NC1CCCc2occc21. The van der Waals surface area contributed by atoms with Gasteiger partial charge in [0.05, 0.1) is 32.8 Å². The van der Waals surface area contributed by atoms with Crippen LogP contribution in [0.15, 0.2) is 41.0 Å². The predicted octanol–water partition coefficient (Wildman–Crippen LogP) is 5.50. The second-order valence-corrected chi connectivity index (χ2v) is 8.38. The van der Waals surface area contributed by atoms with E-state index < -0.39 is 11.7 Å². The average molecular weight is 433 g/mol. The lowest BCUT2D eigenvalue weighted by Gasteiger charge is -2.22.